The highest BCUT2D eigenvalue weighted by Gasteiger charge is 2.08. The first-order chi connectivity index (χ1) is 11.3. The number of benzene rings is 1. The summed E-state index contributed by atoms with van der Waals surface area (Å²) in [5.41, 5.74) is 0. The van der Waals surface area contributed by atoms with E-state index in [2.05, 4.69) is 23.3 Å². The average molecular weight is 316 g/mol. The molecular weight excluding hydrogens is 288 g/mol. The Bertz CT molecular complexity index is 614. The van der Waals surface area contributed by atoms with Crippen molar-refractivity contribution in [2.75, 3.05) is 25.1 Å². The lowest BCUT2D eigenvalue weighted by atomic mass is 10.1. The Morgan fingerprint density at radius 1 is 0.870 bits per heavy atom. The van der Waals surface area contributed by atoms with Gasteiger partial charge in [-0.25, -0.2) is 4.98 Å². The molecule has 1 aromatic carbocycles. The minimum absolute atomic E-state index is 0.621. The summed E-state index contributed by atoms with van der Waals surface area (Å²) in [7, 11) is 0. The normalized spacial score (nSPS) is 10.7. The Morgan fingerprint density at radius 3 is 2.22 bits per heavy atom. The lowest BCUT2D eigenvalue weighted by Gasteiger charge is -2.13. The Labute approximate surface area is 139 Å². The summed E-state index contributed by atoms with van der Waals surface area (Å²) in [6.07, 6.45) is 6.90. The number of pyridine rings is 1. The number of ether oxygens (including phenoxy) is 2. The van der Waals surface area contributed by atoms with E-state index in [1.54, 1.807) is 0 Å². The molecule has 0 aliphatic heterocycles. The second kappa shape index (κ2) is 9.23. The molecule has 0 unspecified atom stereocenters. The Balaban J connectivity index is 2.12. The van der Waals surface area contributed by atoms with E-state index in [9.17, 15) is 0 Å². The Hall–Kier alpha value is -1.97. The molecule has 1 N–H and O–H groups in total. The van der Waals surface area contributed by atoms with E-state index in [1.165, 1.54) is 25.7 Å². The van der Waals surface area contributed by atoms with E-state index in [1.807, 2.05) is 32.2 Å². The van der Waals surface area contributed by atoms with E-state index in [-0.39, 0.29) is 0 Å². The van der Waals surface area contributed by atoms with Crippen molar-refractivity contribution in [3.05, 3.63) is 24.4 Å². The number of aromatic nitrogens is 1. The molecule has 2 aromatic rings. The maximum atomic E-state index is 5.70. The third kappa shape index (κ3) is 5.02. The molecule has 4 nitrogen and oxygen atoms in total. The van der Waals surface area contributed by atoms with Gasteiger partial charge in [0.15, 0.2) is 11.5 Å². The van der Waals surface area contributed by atoms with Crippen LogP contribution in [0.25, 0.3) is 10.8 Å². The van der Waals surface area contributed by atoms with Gasteiger partial charge in [0.2, 0.25) is 0 Å². The molecule has 126 valence electrons. The van der Waals surface area contributed by atoms with Gasteiger partial charge >= 0.3 is 0 Å². The molecule has 1 aromatic heterocycles. The van der Waals surface area contributed by atoms with Crippen molar-refractivity contribution in [2.45, 2.75) is 46.5 Å². The van der Waals surface area contributed by atoms with Crippen LogP contribution in [0.4, 0.5) is 5.82 Å². The maximum Gasteiger partial charge on any atom is 0.161 e. The molecule has 2 rings (SSSR count). The first-order valence-corrected chi connectivity index (χ1v) is 8.71. The number of hydrogen-bond acceptors (Lipinski definition) is 4. The molecule has 23 heavy (non-hydrogen) atoms. The molecule has 0 fully saturated rings. The molecule has 4 heteroatoms. The van der Waals surface area contributed by atoms with Gasteiger partial charge in [-0.2, -0.15) is 0 Å². The molecule has 0 bridgehead atoms. The van der Waals surface area contributed by atoms with Crippen molar-refractivity contribution in [3.8, 4) is 11.5 Å². The number of unbranched alkanes of at least 4 members (excludes halogenated alkanes) is 3. The number of anilines is 1. The number of nitrogens with zero attached hydrogens (tertiary/aromatic N) is 1. The van der Waals surface area contributed by atoms with E-state index in [0.717, 1.165) is 34.6 Å². The second-order valence-electron chi connectivity index (χ2n) is 5.57. The van der Waals surface area contributed by atoms with Crippen molar-refractivity contribution in [3.63, 3.8) is 0 Å². The maximum absolute atomic E-state index is 5.70. The zero-order chi connectivity index (χ0) is 16.5. The summed E-state index contributed by atoms with van der Waals surface area (Å²) in [6.45, 7) is 8.40. The fourth-order valence-electron chi connectivity index (χ4n) is 2.55. The molecule has 0 saturated heterocycles. The van der Waals surface area contributed by atoms with Crippen molar-refractivity contribution in [1.82, 2.24) is 4.98 Å². The monoisotopic (exact) mass is 316 g/mol. The largest absolute Gasteiger partial charge is 0.490 e. The van der Waals surface area contributed by atoms with Crippen LogP contribution in [0.5, 0.6) is 11.5 Å². The van der Waals surface area contributed by atoms with Gasteiger partial charge in [-0.3, -0.25) is 0 Å². The number of hydrogen-bond donors (Lipinski definition) is 1. The van der Waals surface area contributed by atoms with Crippen LogP contribution < -0.4 is 14.8 Å². The minimum Gasteiger partial charge on any atom is -0.490 e. The summed E-state index contributed by atoms with van der Waals surface area (Å²) < 4.78 is 11.4. The molecule has 1 heterocycles. The molecule has 0 aliphatic rings. The molecule has 0 aliphatic carbocycles. The predicted octanol–water partition coefficient (Wildman–Crippen LogP) is 5.02. The first-order valence-electron chi connectivity index (χ1n) is 8.71. The van der Waals surface area contributed by atoms with Gasteiger partial charge in [-0.05, 0) is 43.9 Å². The summed E-state index contributed by atoms with van der Waals surface area (Å²) >= 11 is 0. The highest BCUT2D eigenvalue weighted by atomic mass is 16.5. The first kappa shape index (κ1) is 17.4. The Kier molecular flexibility index (Phi) is 6.98. The van der Waals surface area contributed by atoms with Gasteiger partial charge in [0.05, 0.1) is 13.2 Å². The van der Waals surface area contributed by atoms with Crippen molar-refractivity contribution >= 4 is 16.6 Å². The standard InChI is InChI=1S/C19H28N2O2/c1-4-7-8-9-10-20-19-13-15-11-17(22-5-2)18(23-6-3)12-16(15)14-21-19/h11-14H,4-10H2,1-3H3,(H,20,21). The van der Waals surface area contributed by atoms with Gasteiger partial charge in [-0.1, -0.05) is 26.2 Å². The lowest BCUT2D eigenvalue weighted by molar-refractivity contribution is 0.288. The van der Waals surface area contributed by atoms with Crippen LogP contribution in [-0.4, -0.2) is 24.7 Å². The van der Waals surface area contributed by atoms with Crippen LogP contribution in [-0.2, 0) is 0 Å². The summed E-state index contributed by atoms with van der Waals surface area (Å²) in [5, 5.41) is 5.58. The number of nitrogens with one attached hydrogen (secondary N) is 1. The minimum atomic E-state index is 0.621. The van der Waals surface area contributed by atoms with E-state index in [4.69, 9.17) is 9.47 Å². The zero-order valence-electron chi connectivity index (χ0n) is 14.5. The van der Waals surface area contributed by atoms with Gasteiger partial charge in [0.1, 0.15) is 5.82 Å². The summed E-state index contributed by atoms with van der Waals surface area (Å²) in [6, 6.07) is 6.11. The number of fused-ring (bicyclic) bond motifs is 1. The topological polar surface area (TPSA) is 43.4 Å². The van der Waals surface area contributed by atoms with Gasteiger partial charge in [0.25, 0.3) is 0 Å². The van der Waals surface area contributed by atoms with E-state index in [0.29, 0.717) is 13.2 Å². The van der Waals surface area contributed by atoms with Crippen molar-refractivity contribution in [2.24, 2.45) is 0 Å². The smallest absolute Gasteiger partial charge is 0.161 e. The van der Waals surface area contributed by atoms with Crippen LogP contribution in [0.2, 0.25) is 0 Å². The molecular formula is C19H28N2O2. The third-order valence-electron chi connectivity index (χ3n) is 3.72. The fraction of sp³-hybridized carbons (Fsp3) is 0.526. The van der Waals surface area contributed by atoms with E-state index < -0.39 is 0 Å². The molecule has 0 spiro atoms. The Morgan fingerprint density at radius 2 is 1.57 bits per heavy atom. The van der Waals surface area contributed by atoms with Crippen molar-refractivity contribution in [1.29, 1.82) is 0 Å². The molecule has 0 atom stereocenters. The molecule has 0 radical (unpaired) electrons. The SMILES string of the molecule is CCCCCCNc1cc2cc(OCC)c(OCC)cc2cn1. The lowest BCUT2D eigenvalue weighted by Crippen LogP contribution is -2.03. The highest BCUT2D eigenvalue weighted by molar-refractivity contribution is 5.87. The summed E-state index contributed by atoms with van der Waals surface area (Å²) in [5.74, 6) is 2.49. The van der Waals surface area contributed by atoms with Crippen LogP contribution in [0.1, 0.15) is 46.5 Å². The van der Waals surface area contributed by atoms with Crippen molar-refractivity contribution < 1.29 is 9.47 Å². The quantitative estimate of drug-likeness (QED) is 0.625. The zero-order valence-corrected chi connectivity index (χ0v) is 14.5. The third-order valence-corrected chi connectivity index (χ3v) is 3.72. The van der Waals surface area contributed by atoms with Gasteiger partial charge in [-0.15, -0.1) is 0 Å². The van der Waals surface area contributed by atoms with Crippen LogP contribution >= 0.6 is 0 Å². The van der Waals surface area contributed by atoms with Gasteiger partial charge < -0.3 is 14.8 Å². The summed E-state index contributed by atoms with van der Waals surface area (Å²) in [4.78, 5) is 4.49. The van der Waals surface area contributed by atoms with Crippen LogP contribution in [0, 0.1) is 0 Å². The highest BCUT2D eigenvalue weighted by Crippen LogP contribution is 2.33. The fourth-order valence-corrected chi connectivity index (χ4v) is 2.55. The number of rotatable bonds is 10. The van der Waals surface area contributed by atoms with E-state index >= 15 is 0 Å². The molecule has 0 amide bonds. The predicted molar refractivity (Wildman–Crippen MR) is 96.7 cm³/mol. The second-order valence-corrected chi connectivity index (χ2v) is 5.57. The van der Waals surface area contributed by atoms with Crippen LogP contribution in [0.15, 0.2) is 24.4 Å². The van der Waals surface area contributed by atoms with Crippen LogP contribution in [0.3, 0.4) is 0 Å². The average Bonchev–Trinajstić information content (AvgIpc) is 2.56. The molecule has 0 saturated carbocycles. The van der Waals surface area contributed by atoms with Gasteiger partial charge in [0, 0.05) is 18.1 Å².